The molecule has 0 saturated heterocycles. The summed E-state index contributed by atoms with van der Waals surface area (Å²) < 4.78 is 45.0. The summed E-state index contributed by atoms with van der Waals surface area (Å²) in [4.78, 5) is 42.0. The molecule has 3 rings (SSSR count). The third kappa shape index (κ3) is 7.67. The number of nitrogens with one attached hydrogen (secondary N) is 1. The second-order valence-corrected chi connectivity index (χ2v) is 8.55. The van der Waals surface area contributed by atoms with E-state index in [1.54, 1.807) is 24.3 Å². The molecule has 0 fully saturated rings. The Hall–Kier alpha value is -3.64. The van der Waals surface area contributed by atoms with Gasteiger partial charge in [-0.1, -0.05) is 23.7 Å². The maximum absolute atomic E-state index is 13.2. The summed E-state index contributed by atoms with van der Waals surface area (Å²) in [6, 6.07) is 12.0. The molecule has 2 aromatic carbocycles. The molecular weight excluding hydrogens is 517 g/mol. The molecule has 0 aliphatic heterocycles. The second kappa shape index (κ2) is 12.1. The maximum atomic E-state index is 13.2. The minimum absolute atomic E-state index is 0.0130. The Balaban J connectivity index is 1.94. The first-order chi connectivity index (χ1) is 17.5. The third-order valence-corrected chi connectivity index (χ3v) is 5.49. The first-order valence-corrected chi connectivity index (χ1v) is 11.5. The van der Waals surface area contributed by atoms with Crippen molar-refractivity contribution in [2.45, 2.75) is 45.1 Å². The first kappa shape index (κ1) is 27.9. The predicted molar refractivity (Wildman–Crippen MR) is 131 cm³/mol. The number of hydrogen-bond donors (Lipinski definition) is 2. The van der Waals surface area contributed by atoms with Crippen LogP contribution < -0.4 is 21.4 Å². The number of rotatable bonds is 11. The van der Waals surface area contributed by atoms with Crippen LogP contribution in [-0.2, 0) is 17.9 Å². The van der Waals surface area contributed by atoms with Gasteiger partial charge in [-0.25, -0.2) is 14.2 Å². The number of alkyl halides is 3. The van der Waals surface area contributed by atoms with Gasteiger partial charge in [0.2, 0.25) is 5.95 Å². The summed E-state index contributed by atoms with van der Waals surface area (Å²) in [5.74, 6) is -0.586. The standard InChI is InChI=1S/C24H24ClF3N4O5/c1-15(24(26,27)28)37-20-10-8-18(9-11-20)29-21-30-22(35)32(14-19(34)3-2-12-33)23(36)31(21)13-16-4-6-17(25)7-5-16/h4-11,15,33H,2-3,12-14H2,1H3,(H,29,30,35)/t15-/m1/s1. The fraction of sp³-hybridized carbons (Fsp3) is 0.333. The molecule has 37 heavy (non-hydrogen) atoms. The van der Waals surface area contributed by atoms with Gasteiger partial charge in [0.15, 0.2) is 11.9 Å². The average Bonchev–Trinajstić information content (AvgIpc) is 2.84. The molecule has 13 heteroatoms. The van der Waals surface area contributed by atoms with Gasteiger partial charge in [0.05, 0.1) is 13.1 Å². The van der Waals surface area contributed by atoms with Crippen molar-refractivity contribution in [3.8, 4) is 5.75 Å². The van der Waals surface area contributed by atoms with Gasteiger partial charge in [0, 0.05) is 23.7 Å². The average molecular weight is 541 g/mol. The lowest BCUT2D eigenvalue weighted by Crippen LogP contribution is -2.44. The second-order valence-electron chi connectivity index (χ2n) is 8.12. The summed E-state index contributed by atoms with van der Waals surface area (Å²) in [6.07, 6.45) is -6.35. The van der Waals surface area contributed by atoms with Crippen LogP contribution in [-0.4, -0.2) is 43.9 Å². The molecule has 0 aliphatic carbocycles. The molecule has 2 N–H and O–H groups in total. The Morgan fingerprint density at radius 2 is 1.76 bits per heavy atom. The Labute approximate surface area is 214 Å². The highest BCUT2D eigenvalue weighted by molar-refractivity contribution is 6.30. The number of carbonyl (C=O) groups is 1. The number of aromatic nitrogens is 3. The third-order valence-electron chi connectivity index (χ3n) is 5.24. The lowest BCUT2D eigenvalue weighted by Gasteiger charge is -2.18. The van der Waals surface area contributed by atoms with E-state index in [2.05, 4.69) is 10.3 Å². The van der Waals surface area contributed by atoms with E-state index in [0.29, 0.717) is 20.8 Å². The van der Waals surface area contributed by atoms with Crippen LogP contribution in [0.1, 0.15) is 25.3 Å². The number of hydrogen-bond acceptors (Lipinski definition) is 7. The Morgan fingerprint density at radius 3 is 2.35 bits per heavy atom. The van der Waals surface area contributed by atoms with Gasteiger partial charge < -0.3 is 15.2 Å². The molecule has 0 unspecified atom stereocenters. The van der Waals surface area contributed by atoms with Crippen molar-refractivity contribution in [3.63, 3.8) is 0 Å². The van der Waals surface area contributed by atoms with Gasteiger partial charge in [-0.15, -0.1) is 0 Å². The van der Waals surface area contributed by atoms with Crippen LogP contribution in [0.3, 0.4) is 0 Å². The molecule has 9 nitrogen and oxygen atoms in total. The SMILES string of the molecule is C[C@@H](Oc1ccc(Nc2nc(=O)n(CC(=O)CCCO)c(=O)n2Cc2ccc(Cl)cc2)cc1)C(F)(F)F. The number of benzene rings is 2. The van der Waals surface area contributed by atoms with Crippen LogP contribution in [0.2, 0.25) is 5.02 Å². The van der Waals surface area contributed by atoms with Crippen LogP contribution in [0.25, 0.3) is 0 Å². The fourth-order valence-corrected chi connectivity index (χ4v) is 3.35. The summed E-state index contributed by atoms with van der Waals surface area (Å²) in [7, 11) is 0. The molecule has 0 amide bonds. The minimum atomic E-state index is -4.53. The van der Waals surface area contributed by atoms with Crippen LogP contribution >= 0.6 is 11.6 Å². The predicted octanol–water partition coefficient (Wildman–Crippen LogP) is 3.52. The zero-order chi connectivity index (χ0) is 27.2. The number of nitrogens with zero attached hydrogens (tertiary/aromatic N) is 3. The lowest BCUT2D eigenvalue weighted by molar-refractivity contribution is -0.189. The molecule has 0 saturated carbocycles. The van der Waals surface area contributed by atoms with E-state index in [1.165, 1.54) is 24.3 Å². The Morgan fingerprint density at radius 1 is 1.11 bits per heavy atom. The number of carbonyl (C=O) groups excluding carboxylic acids is 1. The number of aliphatic hydroxyl groups excluding tert-OH is 1. The van der Waals surface area contributed by atoms with Crippen molar-refractivity contribution in [1.29, 1.82) is 0 Å². The fourth-order valence-electron chi connectivity index (χ4n) is 3.22. The van der Waals surface area contributed by atoms with E-state index in [4.69, 9.17) is 21.4 Å². The van der Waals surface area contributed by atoms with Crippen LogP contribution in [0.15, 0.2) is 58.1 Å². The van der Waals surface area contributed by atoms with E-state index in [9.17, 15) is 27.6 Å². The van der Waals surface area contributed by atoms with Crippen LogP contribution in [0.5, 0.6) is 5.75 Å². The molecule has 0 bridgehead atoms. The molecule has 0 spiro atoms. The van der Waals surface area contributed by atoms with Crippen LogP contribution in [0, 0.1) is 0 Å². The monoisotopic (exact) mass is 540 g/mol. The van der Waals surface area contributed by atoms with Crippen molar-refractivity contribution in [2.75, 3.05) is 11.9 Å². The molecule has 1 heterocycles. The summed E-state index contributed by atoms with van der Waals surface area (Å²) in [5, 5.41) is 12.2. The first-order valence-electron chi connectivity index (χ1n) is 11.2. The van der Waals surface area contributed by atoms with Gasteiger partial charge in [0.25, 0.3) is 0 Å². The highest BCUT2D eigenvalue weighted by atomic mass is 35.5. The summed E-state index contributed by atoms with van der Waals surface area (Å²) in [6.45, 7) is 0.145. The Kier molecular flexibility index (Phi) is 9.11. The molecule has 0 aliphatic rings. The molecule has 0 radical (unpaired) electrons. The van der Waals surface area contributed by atoms with Crippen molar-refractivity contribution in [2.24, 2.45) is 0 Å². The van der Waals surface area contributed by atoms with E-state index in [1.807, 2.05) is 0 Å². The Bertz CT molecular complexity index is 1340. The molecule has 1 aromatic heterocycles. The minimum Gasteiger partial charge on any atom is -0.481 e. The molecule has 198 valence electrons. The zero-order valence-corrected chi connectivity index (χ0v) is 20.4. The number of aliphatic hydroxyl groups is 1. The zero-order valence-electron chi connectivity index (χ0n) is 19.7. The molecular formula is C24H24ClF3N4O5. The molecule has 3 aromatic rings. The van der Waals surface area contributed by atoms with Gasteiger partial charge in [-0.2, -0.15) is 18.2 Å². The quantitative estimate of drug-likeness (QED) is 0.382. The van der Waals surface area contributed by atoms with Gasteiger partial charge in [-0.3, -0.25) is 9.36 Å². The summed E-state index contributed by atoms with van der Waals surface area (Å²) >= 11 is 5.93. The summed E-state index contributed by atoms with van der Waals surface area (Å²) in [5.41, 5.74) is -0.789. The smallest absolute Gasteiger partial charge is 0.425 e. The number of ether oxygens (including phenoxy) is 1. The lowest BCUT2D eigenvalue weighted by atomic mass is 10.2. The van der Waals surface area contributed by atoms with Gasteiger partial charge >= 0.3 is 17.6 Å². The normalized spacial score (nSPS) is 12.3. The van der Waals surface area contributed by atoms with E-state index >= 15 is 0 Å². The van der Waals surface area contributed by atoms with E-state index in [0.717, 1.165) is 11.5 Å². The van der Waals surface area contributed by atoms with Crippen molar-refractivity contribution in [3.05, 3.63) is 80.1 Å². The topological polar surface area (TPSA) is 115 Å². The van der Waals surface area contributed by atoms with Gasteiger partial charge in [-0.05, 0) is 55.3 Å². The number of Topliss-reactive ketones (excluding diaryl/α,β-unsaturated/α-hetero) is 1. The number of anilines is 2. The van der Waals surface area contributed by atoms with E-state index < -0.39 is 36.0 Å². The molecule has 1 atom stereocenters. The number of halogens is 4. The van der Waals surface area contributed by atoms with Crippen LogP contribution in [0.4, 0.5) is 24.8 Å². The van der Waals surface area contributed by atoms with Crippen molar-refractivity contribution in [1.82, 2.24) is 14.1 Å². The van der Waals surface area contributed by atoms with Crippen molar-refractivity contribution >= 4 is 29.0 Å². The highest BCUT2D eigenvalue weighted by Gasteiger charge is 2.38. The van der Waals surface area contributed by atoms with E-state index in [-0.39, 0.29) is 37.7 Å². The number of ketones is 1. The van der Waals surface area contributed by atoms with Gasteiger partial charge in [0.1, 0.15) is 5.75 Å². The highest BCUT2D eigenvalue weighted by Crippen LogP contribution is 2.26. The maximum Gasteiger partial charge on any atom is 0.425 e. The van der Waals surface area contributed by atoms with Crippen molar-refractivity contribution < 1.29 is 27.8 Å². The largest absolute Gasteiger partial charge is 0.481 e.